The number of hydrogen-bond acceptors (Lipinski definition) is 3. The zero-order valence-electron chi connectivity index (χ0n) is 18.6. The quantitative estimate of drug-likeness (QED) is 0.728. The first kappa shape index (κ1) is 21.3. The lowest BCUT2D eigenvalue weighted by molar-refractivity contribution is -0.182. The number of rotatable bonds is 6. The third-order valence-electron chi connectivity index (χ3n) is 8.38. The lowest BCUT2D eigenvalue weighted by Gasteiger charge is -2.61. The molecule has 1 N–H and O–H groups in total. The second-order valence-corrected chi connectivity index (χ2v) is 10.1. The molecule has 1 aromatic carbocycles. The normalized spacial score (nSPS) is 34.9. The zero-order valence-corrected chi connectivity index (χ0v) is 18.6. The minimum atomic E-state index is -0.602. The predicted molar refractivity (Wildman–Crippen MR) is 121 cm³/mol. The van der Waals surface area contributed by atoms with E-state index >= 15 is 0 Å². The fraction of sp³-hybridized carbons (Fsp3) is 0.769. The molecule has 3 nitrogen and oxygen atoms in total. The molecule has 2 saturated heterocycles. The molecule has 0 amide bonds. The molecule has 2 heterocycles. The highest BCUT2D eigenvalue weighted by Crippen LogP contribution is 2.47. The molecule has 3 unspecified atom stereocenters. The minimum absolute atomic E-state index is 0.0789. The fourth-order valence-electron chi connectivity index (χ4n) is 6.63. The van der Waals surface area contributed by atoms with E-state index in [1.807, 2.05) is 0 Å². The highest BCUT2D eigenvalue weighted by Gasteiger charge is 2.57. The van der Waals surface area contributed by atoms with Crippen molar-refractivity contribution in [3.63, 3.8) is 0 Å². The molecule has 4 rings (SSSR count). The van der Waals surface area contributed by atoms with E-state index in [9.17, 15) is 5.11 Å². The summed E-state index contributed by atoms with van der Waals surface area (Å²) < 4.78 is 0. The summed E-state index contributed by atoms with van der Waals surface area (Å²) in [5, 5.41) is 12.5. The van der Waals surface area contributed by atoms with Gasteiger partial charge in [0.2, 0.25) is 0 Å². The standard InChI is InChI=1S/C26H42N2O/c1-25(28-21-9-4-10-22-28)17-12-16-24(27-19-7-3-8-20-27)26(25,29)18-11-15-23-13-5-2-6-14-23/h2,5-6,13-14,24,29H,3-4,7-12,15-22H2,1H3. The average Bonchev–Trinajstić information content (AvgIpc) is 2.78. The van der Waals surface area contributed by atoms with Gasteiger partial charge in [0.25, 0.3) is 0 Å². The van der Waals surface area contributed by atoms with Crippen LogP contribution in [-0.2, 0) is 6.42 Å². The molecule has 3 atom stereocenters. The van der Waals surface area contributed by atoms with Gasteiger partial charge >= 0.3 is 0 Å². The summed E-state index contributed by atoms with van der Waals surface area (Å²) in [6, 6.07) is 11.2. The molecule has 0 bridgehead atoms. The Morgan fingerprint density at radius 3 is 2.24 bits per heavy atom. The molecule has 3 fully saturated rings. The van der Waals surface area contributed by atoms with Gasteiger partial charge in [0.1, 0.15) is 0 Å². The fourth-order valence-corrected chi connectivity index (χ4v) is 6.63. The predicted octanol–water partition coefficient (Wildman–Crippen LogP) is 5.02. The summed E-state index contributed by atoms with van der Waals surface area (Å²) in [7, 11) is 0. The van der Waals surface area contributed by atoms with Crippen LogP contribution in [0.3, 0.4) is 0 Å². The van der Waals surface area contributed by atoms with Crippen molar-refractivity contribution in [2.45, 2.75) is 101 Å². The van der Waals surface area contributed by atoms with Crippen molar-refractivity contribution in [3.8, 4) is 0 Å². The van der Waals surface area contributed by atoms with Crippen LogP contribution in [-0.4, -0.2) is 58.3 Å². The van der Waals surface area contributed by atoms with Crippen LogP contribution in [0.4, 0.5) is 0 Å². The van der Waals surface area contributed by atoms with Crippen molar-refractivity contribution in [1.82, 2.24) is 9.80 Å². The Hall–Kier alpha value is -0.900. The Bertz CT molecular complexity index is 623. The van der Waals surface area contributed by atoms with Gasteiger partial charge in [0.15, 0.2) is 0 Å². The maximum Gasteiger partial charge on any atom is 0.0981 e. The van der Waals surface area contributed by atoms with E-state index in [1.165, 1.54) is 83.1 Å². The number of likely N-dealkylation sites (tertiary alicyclic amines) is 2. The Kier molecular flexibility index (Phi) is 6.98. The maximum absolute atomic E-state index is 12.5. The van der Waals surface area contributed by atoms with Gasteiger partial charge in [-0.2, -0.15) is 0 Å². The third-order valence-corrected chi connectivity index (χ3v) is 8.38. The SMILES string of the molecule is CC1(N2CCCCC2)CCCC(N2CCCCC2)C1(O)CCCc1ccccc1. The Morgan fingerprint density at radius 1 is 0.897 bits per heavy atom. The van der Waals surface area contributed by atoms with Crippen LogP contribution >= 0.6 is 0 Å². The first-order valence-electron chi connectivity index (χ1n) is 12.4. The lowest BCUT2D eigenvalue weighted by atomic mass is 9.63. The van der Waals surface area contributed by atoms with Crippen molar-refractivity contribution >= 4 is 0 Å². The summed E-state index contributed by atoms with van der Waals surface area (Å²) >= 11 is 0. The highest BCUT2D eigenvalue weighted by atomic mass is 16.3. The minimum Gasteiger partial charge on any atom is -0.386 e. The summed E-state index contributed by atoms with van der Waals surface area (Å²) in [6.07, 6.45) is 14.6. The number of aryl methyl sites for hydroxylation is 1. The monoisotopic (exact) mass is 398 g/mol. The van der Waals surface area contributed by atoms with Gasteiger partial charge in [0.05, 0.1) is 5.60 Å². The van der Waals surface area contributed by atoms with Crippen LogP contribution in [0.1, 0.15) is 83.1 Å². The smallest absolute Gasteiger partial charge is 0.0981 e. The van der Waals surface area contributed by atoms with Crippen molar-refractivity contribution in [3.05, 3.63) is 35.9 Å². The van der Waals surface area contributed by atoms with Crippen molar-refractivity contribution < 1.29 is 5.11 Å². The van der Waals surface area contributed by atoms with Crippen molar-refractivity contribution in [1.29, 1.82) is 0 Å². The average molecular weight is 399 g/mol. The van der Waals surface area contributed by atoms with E-state index in [-0.39, 0.29) is 5.54 Å². The van der Waals surface area contributed by atoms with Crippen LogP contribution in [0.2, 0.25) is 0 Å². The molecule has 0 spiro atoms. The number of benzene rings is 1. The van der Waals surface area contributed by atoms with E-state index in [0.29, 0.717) is 6.04 Å². The van der Waals surface area contributed by atoms with Gasteiger partial charge in [-0.3, -0.25) is 9.80 Å². The Morgan fingerprint density at radius 2 is 1.55 bits per heavy atom. The van der Waals surface area contributed by atoms with Gasteiger partial charge < -0.3 is 5.11 Å². The van der Waals surface area contributed by atoms with Gasteiger partial charge in [-0.15, -0.1) is 0 Å². The van der Waals surface area contributed by atoms with Gasteiger partial charge in [-0.05, 0) is 103 Å². The van der Waals surface area contributed by atoms with Crippen LogP contribution in [0, 0.1) is 0 Å². The lowest BCUT2D eigenvalue weighted by Crippen LogP contribution is -2.73. The summed E-state index contributed by atoms with van der Waals surface area (Å²) in [4.78, 5) is 5.36. The van der Waals surface area contributed by atoms with E-state index < -0.39 is 5.60 Å². The Labute approximate surface area is 178 Å². The molecule has 0 radical (unpaired) electrons. The molecule has 162 valence electrons. The molecule has 3 heteroatoms. The third kappa shape index (κ3) is 4.43. The molecule has 1 saturated carbocycles. The molecule has 29 heavy (non-hydrogen) atoms. The first-order valence-corrected chi connectivity index (χ1v) is 12.4. The number of nitrogens with zero attached hydrogens (tertiary/aromatic N) is 2. The Balaban J connectivity index is 1.56. The highest BCUT2D eigenvalue weighted by molar-refractivity contribution is 5.17. The van der Waals surface area contributed by atoms with Crippen LogP contribution in [0.5, 0.6) is 0 Å². The largest absolute Gasteiger partial charge is 0.386 e. The van der Waals surface area contributed by atoms with Gasteiger partial charge in [-0.1, -0.05) is 43.2 Å². The van der Waals surface area contributed by atoms with Crippen molar-refractivity contribution in [2.24, 2.45) is 0 Å². The molecular formula is C26H42N2O. The number of hydrogen-bond donors (Lipinski definition) is 1. The van der Waals surface area contributed by atoms with Crippen LogP contribution in [0.15, 0.2) is 30.3 Å². The summed E-state index contributed by atoms with van der Waals surface area (Å²) in [5.41, 5.74) is 0.722. The summed E-state index contributed by atoms with van der Waals surface area (Å²) in [5.74, 6) is 0. The maximum atomic E-state index is 12.5. The van der Waals surface area contributed by atoms with E-state index in [2.05, 4.69) is 47.1 Å². The first-order chi connectivity index (χ1) is 14.1. The van der Waals surface area contributed by atoms with E-state index in [1.54, 1.807) is 0 Å². The second kappa shape index (κ2) is 9.49. The zero-order chi connectivity index (χ0) is 20.2. The van der Waals surface area contributed by atoms with Gasteiger partial charge in [-0.25, -0.2) is 0 Å². The second-order valence-electron chi connectivity index (χ2n) is 10.1. The number of piperidine rings is 2. The van der Waals surface area contributed by atoms with E-state index in [4.69, 9.17) is 0 Å². The van der Waals surface area contributed by atoms with Crippen LogP contribution < -0.4 is 0 Å². The molecule has 1 aliphatic carbocycles. The molecule has 2 aliphatic heterocycles. The molecular weight excluding hydrogens is 356 g/mol. The van der Waals surface area contributed by atoms with E-state index in [0.717, 1.165) is 25.7 Å². The van der Waals surface area contributed by atoms with Crippen LogP contribution in [0.25, 0.3) is 0 Å². The summed E-state index contributed by atoms with van der Waals surface area (Å²) in [6.45, 7) is 7.12. The molecule has 0 aromatic heterocycles. The van der Waals surface area contributed by atoms with Gasteiger partial charge in [0, 0.05) is 11.6 Å². The molecule has 1 aromatic rings. The molecule has 3 aliphatic rings. The number of aliphatic hydroxyl groups is 1. The van der Waals surface area contributed by atoms with Crippen molar-refractivity contribution in [2.75, 3.05) is 26.2 Å². The topological polar surface area (TPSA) is 26.7 Å².